The summed E-state index contributed by atoms with van der Waals surface area (Å²) in [5.41, 5.74) is 0.542. The second-order valence-corrected chi connectivity index (χ2v) is 4.26. The summed E-state index contributed by atoms with van der Waals surface area (Å²) in [5.74, 6) is -0.274. The molecule has 0 radical (unpaired) electrons. The number of carbonyl (C=O) groups is 1. The zero-order chi connectivity index (χ0) is 13.7. The summed E-state index contributed by atoms with van der Waals surface area (Å²) in [5, 5.41) is 0. The summed E-state index contributed by atoms with van der Waals surface area (Å²) in [7, 11) is 1.71. The van der Waals surface area contributed by atoms with E-state index in [-0.39, 0.29) is 17.9 Å². The van der Waals surface area contributed by atoms with Gasteiger partial charge in [0.15, 0.2) is 0 Å². The fourth-order valence-electron chi connectivity index (χ4n) is 1.91. The third-order valence-corrected chi connectivity index (χ3v) is 3.27. The van der Waals surface area contributed by atoms with Crippen LogP contribution in [-0.2, 0) is 0 Å². The molecule has 2 amide bonds. The van der Waals surface area contributed by atoms with Crippen molar-refractivity contribution in [1.29, 1.82) is 0 Å². The Morgan fingerprint density at radius 3 is 2.33 bits per heavy atom. The van der Waals surface area contributed by atoms with Gasteiger partial charge in [-0.25, -0.2) is 9.18 Å². The minimum absolute atomic E-state index is 0.0734. The molecule has 1 atom stereocenters. The van der Waals surface area contributed by atoms with Crippen molar-refractivity contribution in [2.75, 3.05) is 20.1 Å². The van der Waals surface area contributed by atoms with Crippen LogP contribution in [0.1, 0.15) is 32.4 Å². The highest BCUT2D eigenvalue weighted by molar-refractivity contribution is 5.74. The van der Waals surface area contributed by atoms with E-state index in [2.05, 4.69) is 0 Å². The van der Waals surface area contributed by atoms with Crippen molar-refractivity contribution in [1.82, 2.24) is 9.80 Å². The predicted octanol–water partition coefficient (Wildman–Crippen LogP) is 3.28. The minimum atomic E-state index is -0.278. The maximum Gasteiger partial charge on any atom is 0.320 e. The molecular weight excluding hydrogens is 231 g/mol. The van der Waals surface area contributed by atoms with E-state index in [9.17, 15) is 9.18 Å². The average Bonchev–Trinajstić information content (AvgIpc) is 2.39. The highest BCUT2D eigenvalue weighted by Crippen LogP contribution is 2.22. The number of rotatable bonds is 4. The summed E-state index contributed by atoms with van der Waals surface area (Å²) in [6, 6.07) is 6.21. The molecule has 0 saturated carbocycles. The van der Waals surface area contributed by atoms with Crippen LogP contribution in [0.5, 0.6) is 0 Å². The molecule has 4 heteroatoms. The molecule has 0 saturated heterocycles. The molecule has 100 valence electrons. The third-order valence-electron chi connectivity index (χ3n) is 3.27. The van der Waals surface area contributed by atoms with Crippen LogP contribution in [0.15, 0.2) is 24.3 Å². The number of carbonyl (C=O) groups excluding carboxylic acids is 1. The number of nitrogens with zero attached hydrogens (tertiary/aromatic N) is 2. The molecule has 18 heavy (non-hydrogen) atoms. The Morgan fingerprint density at radius 2 is 1.83 bits per heavy atom. The van der Waals surface area contributed by atoms with Crippen LogP contribution in [-0.4, -0.2) is 36.0 Å². The van der Waals surface area contributed by atoms with E-state index >= 15 is 0 Å². The van der Waals surface area contributed by atoms with Gasteiger partial charge in [0.05, 0.1) is 6.04 Å². The van der Waals surface area contributed by atoms with Crippen LogP contribution in [0.4, 0.5) is 9.18 Å². The van der Waals surface area contributed by atoms with Gasteiger partial charge in [-0.3, -0.25) is 0 Å². The second-order valence-electron chi connectivity index (χ2n) is 4.26. The lowest BCUT2D eigenvalue weighted by Crippen LogP contribution is -2.42. The Morgan fingerprint density at radius 1 is 1.28 bits per heavy atom. The fourth-order valence-corrected chi connectivity index (χ4v) is 1.91. The standard InChI is InChI=1S/C14H21FN2O/c1-5-17(6-2)14(18)16(4)11(3)12-9-7-8-10-13(12)15/h7-11H,5-6H2,1-4H3. The van der Waals surface area contributed by atoms with Crippen molar-refractivity contribution < 1.29 is 9.18 Å². The van der Waals surface area contributed by atoms with Crippen LogP contribution in [0, 0.1) is 5.82 Å². The van der Waals surface area contributed by atoms with Gasteiger partial charge in [-0.1, -0.05) is 18.2 Å². The molecule has 0 fully saturated rings. The molecule has 1 unspecified atom stereocenters. The van der Waals surface area contributed by atoms with Gasteiger partial charge in [0.25, 0.3) is 0 Å². The average molecular weight is 252 g/mol. The lowest BCUT2D eigenvalue weighted by molar-refractivity contribution is 0.153. The SMILES string of the molecule is CCN(CC)C(=O)N(C)C(C)c1ccccc1F. The molecule has 0 aliphatic heterocycles. The first-order valence-electron chi connectivity index (χ1n) is 6.29. The number of halogens is 1. The maximum atomic E-state index is 13.7. The summed E-state index contributed by atoms with van der Waals surface area (Å²) >= 11 is 0. The molecule has 0 spiro atoms. The molecule has 0 aromatic heterocycles. The van der Waals surface area contributed by atoms with Crippen molar-refractivity contribution in [3.05, 3.63) is 35.6 Å². The normalized spacial score (nSPS) is 12.1. The third kappa shape index (κ3) is 3.00. The number of benzene rings is 1. The maximum absolute atomic E-state index is 13.7. The second kappa shape index (κ2) is 6.38. The number of amides is 2. The van der Waals surface area contributed by atoms with Gasteiger partial charge in [-0.15, -0.1) is 0 Å². The molecular formula is C14H21FN2O. The summed E-state index contributed by atoms with van der Waals surface area (Å²) in [6.07, 6.45) is 0. The van der Waals surface area contributed by atoms with E-state index in [1.165, 1.54) is 6.07 Å². The Bertz CT molecular complexity index is 405. The van der Waals surface area contributed by atoms with Gasteiger partial charge in [0.1, 0.15) is 5.82 Å². The van der Waals surface area contributed by atoms with Crippen LogP contribution in [0.2, 0.25) is 0 Å². The van der Waals surface area contributed by atoms with E-state index in [0.717, 1.165) is 0 Å². The summed E-state index contributed by atoms with van der Waals surface area (Å²) in [6.45, 7) is 7.01. The molecule has 0 bridgehead atoms. The number of hydrogen-bond donors (Lipinski definition) is 0. The van der Waals surface area contributed by atoms with E-state index < -0.39 is 0 Å². The van der Waals surface area contributed by atoms with Gasteiger partial charge in [0.2, 0.25) is 0 Å². The highest BCUT2D eigenvalue weighted by atomic mass is 19.1. The molecule has 0 aliphatic carbocycles. The first kappa shape index (κ1) is 14.5. The predicted molar refractivity (Wildman–Crippen MR) is 70.9 cm³/mol. The first-order valence-corrected chi connectivity index (χ1v) is 6.29. The van der Waals surface area contributed by atoms with Crippen LogP contribution < -0.4 is 0 Å². The van der Waals surface area contributed by atoms with Gasteiger partial charge in [-0.05, 0) is 26.8 Å². The lowest BCUT2D eigenvalue weighted by atomic mass is 10.1. The zero-order valence-corrected chi connectivity index (χ0v) is 11.5. The van der Waals surface area contributed by atoms with Crippen LogP contribution in [0.3, 0.4) is 0 Å². The van der Waals surface area contributed by atoms with Crippen molar-refractivity contribution in [2.45, 2.75) is 26.8 Å². The Hall–Kier alpha value is -1.58. The minimum Gasteiger partial charge on any atom is -0.325 e. The molecule has 1 rings (SSSR count). The zero-order valence-electron chi connectivity index (χ0n) is 11.5. The number of hydrogen-bond acceptors (Lipinski definition) is 1. The van der Waals surface area contributed by atoms with Crippen LogP contribution in [0.25, 0.3) is 0 Å². The molecule has 3 nitrogen and oxygen atoms in total. The quantitative estimate of drug-likeness (QED) is 0.806. The van der Waals surface area contributed by atoms with Crippen molar-refractivity contribution in [3.8, 4) is 0 Å². The number of urea groups is 1. The first-order chi connectivity index (χ1) is 8.52. The molecule has 1 aromatic rings. The highest BCUT2D eigenvalue weighted by Gasteiger charge is 2.22. The Balaban J connectivity index is 2.87. The van der Waals surface area contributed by atoms with E-state index in [0.29, 0.717) is 18.7 Å². The Kier molecular flexibility index (Phi) is 5.13. The van der Waals surface area contributed by atoms with Crippen molar-refractivity contribution >= 4 is 6.03 Å². The molecule has 0 heterocycles. The van der Waals surface area contributed by atoms with Gasteiger partial charge < -0.3 is 9.80 Å². The van der Waals surface area contributed by atoms with Gasteiger partial charge >= 0.3 is 6.03 Å². The summed E-state index contributed by atoms with van der Waals surface area (Å²) < 4.78 is 13.7. The van der Waals surface area contributed by atoms with E-state index in [4.69, 9.17) is 0 Å². The molecule has 0 N–H and O–H groups in total. The van der Waals surface area contributed by atoms with Crippen LogP contribution >= 0.6 is 0 Å². The molecule has 1 aromatic carbocycles. The van der Waals surface area contributed by atoms with E-state index in [1.807, 2.05) is 20.8 Å². The Labute approximate surface area is 108 Å². The monoisotopic (exact) mass is 252 g/mol. The van der Waals surface area contributed by atoms with Crippen molar-refractivity contribution in [2.24, 2.45) is 0 Å². The summed E-state index contributed by atoms with van der Waals surface area (Å²) in [4.78, 5) is 15.5. The largest absolute Gasteiger partial charge is 0.325 e. The topological polar surface area (TPSA) is 23.6 Å². The molecule has 0 aliphatic rings. The fraction of sp³-hybridized carbons (Fsp3) is 0.500. The van der Waals surface area contributed by atoms with Gasteiger partial charge in [-0.2, -0.15) is 0 Å². The van der Waals surface area contributed by atoms with Gasteiger partial charge in [0, 0.05) is 25.7 Å². The van der Waals surface area contributed by atoms with Crippen molar-refractivity contribution in [3.63, 3.8) is 0 Å². The van der Waals surface area contributed by atoms with E-state index in [1.54, 1.807) is 35.0 Å². The smallest absolute Gasteiger partial charge is 0.320 e. The lowest BCUT2D eigenvalue weighted by Gasteiger charge is -2.31.